The minimum absolute atomic E-state index is 0.0696. The Morgan fingerprint density at radius 1 is 1.19 bits per heavy atom. The van der Waals surface area contributed by atoms with Gasteiger partial charge in [0.25, 0.3) is 0 Å². The summed E-state index contributed by atoms with van der Waals surface area (Å²) in [4.78, 5) is 23.6. The minimum Gasteiger partial charge on any atom is -0.474 e. The second-order valence-electron chi connectivity index (χ2n) is 9.96. The van der Waals surface area contributed by atoms with Gasteiger partial charge in [0.1, 0.15) is 23.9 Å². The first-order valence-corrected chi connectivity index (χ1v) is 13.3. The van der Waals surface area contributed by atoms with Gasteiger partial charge in [-0.2, -0.15) is 8.42 Å². The van der Waals surface area contributed by atoms with E-state index < -0.39 is 11.6 Å². The average molecular weight is 551 g/mol. The number of fused-ring (bicyclic) bond motifs is 2. The van der Waals surface area contributed by atoms with E-state index in [2.05, 4.69) is 15.3 Å². The van der Waals surface area contributed by atoms with E-state index in [1.165, 1.54) is 6.33 Å². The van der Waals surface area contributed by atoms with Crippen molar-refractivity contribution in [2.24, 2.45) is 0 Å². The number of nitrogens with one attached hydrogen (secondary N) is 1. The highest BCUT2D eigenvalue weighted by molar-refractivity contribution is 7.51. The van der Waals surface area contributed by atoms with Crippen LogP contribution < -0.4 is 10.1 Å². The number of amides is 1. The second kappa shape index (κ2) is 11.7. The highest BCUT2D eigenvalue weighted by atomic mass is 35.5. The quantitative estimate of drug-likeness (QED) is 0.573. The zero-order valence-electron chi connectivity index (χ0n) is 21.1. The summed E-state index contributed by atoms with van der Waals surface area (Å²) in [6, 6.07) is 5.69. The number of piperidine rings is 1. The molecule has 10 nitrogen and oxygen atoms in total. The molecule has 12 heteroatoms. The molecule has 1 aliphatic carbocycles. The number of carbonyl (C=O) groups excluding carboxylic acids is 1. The van der Waals surface area contributed by atoms with E-state index in [1.54, 1.807) is 0 Å². The first-order valence-electron chi connectivity index (χ1n) is 12.3. The summed E-state index contributed by atoms with van der Waals surface area (Å²) in [5.74, 6) is 1.18. The van der Waals surface area contributed by atoms with Crippen molar-refractivity contribution in [1.29, 1.82) is 0 Å². The Morgan fingerprint density at radius 3 is 2.46 bits per heavy atom. The van der Waals surface area contributed by atoms with Gasteiger partial charge in [0, 0.05) is 12.8 Å². The van der Waals surface area contributed by atoms with Crippen LogP contribution >= 0.6 is 11.6 Å². The summed E-state index contributed by atoms with van der Waals surface area (Å²) >= 11 is 5.63. The molecule has 200 valence electrons. The third kappa shape index (κ3) is 6.39. The van der Waals surface area contributed by atoms with E-state index in [1.807, 2.05) is 43.9 Å². The van der Waals surface area contributed by atoms with Crippen LogP contribution in [0.2, 0.25) is 5.02 Å². The number of benzene rings is 1. The van der Waals surface area contributed by atoms with Gasteiger partial charge in [-0.05, 0) is 57.7 Å². The number of anilines is 2. The van der Waals surface area contributed by atoms with Gasteiger partial charge in [-0.1, -0.05) is 17.7 Å². The number of morpholine rings is 1. The highest BCUT2D eigenvalue weighted by Crippen LogP contribution is 2.38. The monoisotopic (exact) mass is 550 g/mol. The van der Waals surface area contributed by atoms with E-state index in [0.717, 1.165) is 36.1 Å². The van der Waals surface area contributed by atoms with Crippen LogP contribution in [0.1, 0.15) is 50.2 Å². The van der Waals surface area contributed by atoms with Crippen molar-refractivity contribution in [2.75, 3.05) is 18.5 Å². The van der Waals surface area contributed by atoms with E-state index in [0.29, 0.717) is 42.8 Å². The fraction of sp³-hybridized carbons (Fsp3) is 0.560. The third-order valence-electron chi connectivity index (χ3n) is 7.13. The molecule has 1 saturated carbocycles. The maximum absolute atomic E-state index is 13.0. The van der Waals surface area contributed by atoms with Crippen molar-refractivity contribution in [3.8, 4) is 5.88 Å². The molecule has 1 N–H and O–H groups in total. The number of rotatable bonds is 5. The molecule has 2 atom stereocenters. The second-order valence-corrected chi connectivity index (χ2v) is 10.5. The number of nitrogens with zero attached hydrogens (tertiary/aromatic N) is 3. The predicted octanol–water partition coefficient (Wildman–Crippen LogP) is 4.51. The number of carbonyl (C=O) groups is 1. The molecule has 37 heavy (non-hydrogen) atoms. The number of halogens is 1. The van der Waals surface area contributed by atoms with Crippen LogP contribution in [0.4, 0.5) is 16.3 Å². The summed E-state index contributed by atoms with van der Waals surface area (Å²) in [5.41, 5.74) is 2.35. The van der Waals surface area contributed by atoms with Gasteiger partial charge in [0.2, 0.25) is 5.88 Å². The fourth-order valence-electron chi connectivity index (χ4n) is 4.99. The topological polar surface area (TPSA) is 120 Å². The van der Waals surface area contributed by atoms with Crippen molar-refractivity contribution in [2.45, 2.75) is 76.7 Å². The summed E-state index contributed by atoms with van der Waals surface area (Å²) in [5, 5.41) is 3.92. The lowest BCUT2D eigenvalue weighted by Gasteiger charge is -2.49. The van der Waals surface area contributed by atoms with Crippen molar-refractivity contribution in [1.82, 2.24) is 14.9 Å². The molecule has 2 aliphatic heterocycles. The lowest BCUT2D eigenvalue weighted by molar-refractivity contribution is -0.114. The van der Waals surface area contributed by atoms with Crippen LogP contribution in [0.3, 0.4) is 0 Å². The number of ether oxygens (including phenoxy) is 3. The standard InChI is InChI=1S/C25H31ClN4O4.O2S/c1-15-5-6-21(20(26)9-15)29-22-16(2)23(28-14-27-22)33-19-10-17-12-32-13-18(11-19)30(17)24(31)34-25(3)7-4-8-25;1-3-2/h5-6,9,14,17-19H,4,7-8,10-13H2,1-3H3,(H,27,28,29);. The van der Waals surface area contributed by atoms with Gasteiger partial charge >= 0.3 is 17.7 Å². The minimum atomic E-state index is -0.750. The lowest BCUT2D eigenvalue weighted by atomic mass is 9.82. The smallest absolute Gasteiger partial charge is 0.410 e. The van der Waals surface area contributed by atoms with Crippen LogP contribution in [0.25, 0.3) is 0 Å². The predicted molar refractivity (Wildman–Crippen MR) is 138 cm³/mol. The zero-order chi connectivity index (χ0) is 26.6. The summed E-state index contributed by atoms with van der Waals surface area (Å²) < 4.78 is 34.6. The van der Waals surface area contributed by atoms with Crippen LogP contribution in [-0.4, -0.2) is 66.4 Å². The molecule has 2 bridgehead atoms. The molecular weight excluding hydrogens is 520 g/mol. The molecule has 2 saturated heterocycles. The molecule has 0 spiro atoms. The molecule has 3 aliphatic rings. The number of aryl methyl sites for hydroxylation is 1. The molecule has 5 rings (SSSR count). The first-order chi connectivity index (χ1) is 17.7. The molecule has 1 aromatic heterocycles. The summed E-state index contributed by atoms with van der Waals surface area (Å²) in [6.07, 6.45) is 5.49. The summed E-state index contributed by atoms with van der Waals surface area (Å²) in [6.45, 7) is 6.92. The van der Waals surface area contributed by atoms with E-state index in [4.69, 9.17) is 34.2 Å². The van der Waals surface area contributed by atoms with Crippen molar-refractivity contribution >= 4 is 40.8 Å². The van der Waals surface area contributed by atoms with E-state index in [9.17, 15) is 4.79 Å². The Labute approximate surface area is 224 Å². The van der Waals surface area contributed by atoms with Crippen molar-refractivity contribution in [3.63, 3.8) is 0 Å². The largest absolute Gasteiger partial charge is 0.474 e. The van der Waals surface area contributed by atoms with Gasteiger partial charge in [0.15, 0.2) is 0 Å². The lowest BCUT2D eigenvalue weighted by Crippen LogP contribution is -2.62. The molecule has 2 aromatic rings. The van der Waals surface area contributed by atoms with E-state index >= 15 is 0 Å². The molecule has 3 heterocycles. The normalized spacial score (nSPS) is 23.6. The molecule has 2 unspecified atom stereocenters. The Hall–Kier alpha value is -2.76. The SMILES string of the molecule is Cc1ccc(Nc2ncnc(OC3CC4COCC(C3)N4C(=O)OC3(C)CCC3)c2C)c(Cl)c1.O=S=O. The van der Waals surface area contributed by atoms with Gasteiger partial charge in [-0.3, -0.25) is 4.90 Å². The number of hydrogen-bond donors (Lipinski definition) is 1. The van der Waals surface area contributed by atoms with Crippen LogP contribution in [0, 0.1) is 13.8 Å². The van der Waals surface area contributed by atoms with E-state index in [-0.39, 0.29) is 29.9 Å². The molecule has 3 fully saturated rings. The highest BCUT2D eigenvalue weighted by Gasteiger charge is 2.46. The first kappa shape index (κ1) is 27.3. The number of aromatic nitrogens is 2. The Kier molecular flexibility index (Phi) is 8.66. The Morgan fingerprint density at radius 2 is 1.86 bits per heavy atom. The van der Waals surface area contributed by atoms with Gasteiger partial charge in [-0.15, -0.1) is 0 Å². The fourth-order valence-corrected chi connectivity index (χ4v) is 5.27. The molecule has 0 radical (unpaired) electrons. The summed E-state index contributed by atoms with van der Waals surface area (Å²) in [7, 11) is 0. The number of hydrogen-bond acceptors (Lipinski definition) is 9. The van der Waals surface area contributed by atoms with Gasteiger partial charge < -0.3 is 19.5 Å². The van der Waals surface area contributed by atoms with Crippen LogP contribution in [0.15, 0.2) is 24.5 Å². The van der Waals surface area contributed by atoms with Crippen molar-refractivity contribution < 1.29 is 27.4 Å². The maximum Gasteiger partial charge on any atom is 0.410 e. The molecular formula is C25H31ClN4O6S. The third-order valence-corrected chi connectivity index (χ3v) is 7.44. The average Bonchev–Trinajstić information content (AvgIpc) is 2.82. The van der Waals surface area contributed by atoms with Gasteiger partial charge in [0.05, 0.1) is 41.6 Å². The Bertz CT molecular complexity index is 1160. The Balaban J connectivity index is 0.00000102. The zero-order valence-corrected chi connectivity index (χ0v) is 22.6. The maximum atomic E-state index is 13.0. The molecule has 1 aromatic carbocycles. The molecule has 1 amide bonds. The van der Waals surface area contributed by atoms with Crippen LogP contribution in [-0.2, 0) is 21.0 Å². The van der Waals surface area contributed by atoms with Crippen LogP contribution in [0.5, 0.6) is 5.88 Å². The van der Waals surface area contributed by atoms with Gasteiger partial charge in [-0.25, -0.2) is 14.8 Å². The van der Waals surface area contributed by atoms with Crippen molar-refractivity contribution in [3.05, 3.63) is 40.7 Å².